The second-order valence-corrected chi connectivity index (χ2v) is 6.26. The Labute approximate surface area is 133 Å². The Hall–Kier alpha value is -2.21. The van der Waals surface area contributed by atoms with Crippen molar-refractivity contribution in [3.63, 3.8) is 0 Å². The third kappa shape index (κ3) is 4.14. The number of furan rings is 1. The molecule has 0 aliphatic carbocycles. The van der Waals surface area contributed by atoms with E-state index < -0.39 is 0 Å². The van der Waals surface area contributed by atoms with Crippen LogP contribution in [0, 0.1) is 13.8 Å². The van der Waals surface area contributed by atoms with Crippen molar-refractivity contribution in [2.45, 2.75) is 30.9 Å². The molecule has 1 aromatic carbocycles. The molecule has 0 radical (unpaired) electrons. The molecule has 0 spiro atoms. The molecule has 0 unspecified atom stereocenters. The number of hydrazine groups is 1. The third-order valence-corrected chi connectivity index (χ3v) is 4.12. The van der Waals surface area contributed by atoms with Crippen LogP contribution in [0.1, 0.15) is 28.8 Å². The van der Waals surface area contributed by atoms with Gasteiger partial charge in [0.05, 0.1) is 10.8 Å². The maximum atomic E-state index is 12.0. The fourth-order valence-corrected chi connectivity index (χ4v) is 2.79. The third-order valence-electron chi connectivity index (χ3n) is 3.01. The number of hydrogen-bond donors (Lipinski definition) is 2. The van der Waals surface area contributed by atoms with Gasteiger partial charge in [-0.2, -0.15) is 0 Å². The fraction of sp³-hybridized carbons (Fsp3) is 0.250. The first kappa shape index (κ1) is 16.2. The van der Waals surface area contributed by atoms with Crippen molar-refractivity contribution in [3.8, 4) is 0 Å². The van der Waals surface area contributed by atoms with Crippen LogP contribution in [0.5, 0.6) is 0 Å². The summed E-state index contributed by atoms with van der Waals surface area (Å²) < 4.78 is 5.29. The smallest absolute Gasteiger partial charge is 0.273 e. The quantitative estimate of drug-likeness (QED) is 0.672. The van der Waals surface area contributed by atoms with Gasteiger partial charge in [-0.15, -0.1) is 11.8 Å². The van der Waals surface area contributed by atoms with Crippen molar-refractivity contribution in [3.05, 3.63) is 53.5 Å². The molecule has 2 N–H and O–H groups in total. The molecule has 2 amide bonds. The van der Waals surface area contributed by atoms with Gasteiger partial charge in [-0.1, -0.05) is 18.2 Å². The number of thioether (sulfide) groups is 1. The second kappa shape index (κ2) is 7.17. The summed E-state index contributed by atoms with van der Waals surface area (Å²) in [5, 5.41) is -0.324. The highest BCUT2D eigenvalue weighted by Crippen LogP contribution is 2.22. The molecule has 0 aliphatic heterocycles. The van der Waals surface area contributed by atoms with E-state index in [-0.39, 0.29) is 17.1 Å². The average molecular weight is 318 g/mol. The monoisotopic (exact) mass is 318 g/mol. The second-order valence-electron chi connectivity index (χ2n) is 4.84. The first-order valence-electron chi connectivity index (χ1n) is 6.86. The minimum atomic E-state index is -0.389. The number of carbonyl (C=O) groups is 2. The molecular weight excluding hydrogens is 300 g/mol. The van der Waals surface area contributed by atoms with Crippen LogP contribution in [0.25, 0.3) is 0 Å². The lowest BCUT2D eigenvalue weighted by Gasteiger charge is -2.12. The Kier molecular flexibility index (Phi) is 5.27. The number of aryl methyl sites for hydroxylation is 2. The molecular formula is C16H18N2O3S. The molecule has 2 aromatic rings. The van der Waals surface area contributed by atoms with E-state index in [1.54, 1.807) is 26.8 Å². The van der Waals surface area contributed by atoms with Crippen LogP contribution < -0.4 is 10.9 Å². The van der Waals surface area contributed by atoms with Gasteiger partial charge in [-0.3, -0.25) is 20.4 Å². The summed E-state index contributed by atoms with van der Waals surface area (Å²) in [5.41, 5.74) is 5.26. The first-order valence-corrected chi connectivity index (χ1v) is 7.74. The van der Waals surface area contributed by atoms with Gasteiger partial charge in [0, 0.05) is 4.90 Å². The van der Waals surface area contributed by atoms with Crippen LogP contribution >= 0.6 is 11.8 Å². The number of hydrogen-bond acceptors (Lipinski definition) is 4. The van der Waals surface area contributed by atoms with Crippen LogP contribution in [0.4, 0.5) is 0 Å². The highest BCUT2D eigenvalue weighted by molar-refractivity contribution is 8.00. The summed E-state index contributed by atoms with van der Waals surface area (Å²) in [6.45, 7) is 5.25. The highest BCUT2D eigenvalue weighted by Gasteiger charge is 2.17. The Morgan fingerprint density at radius 2 is 1.82 bits per heavy atom. The van der Waals surface area contributed by atoms with E-state index in [1.807, 2.05) is 30.3 Å². The van der Waals surface area contributed by atoms with Crippen molar-refractivity contribution in [2.24, 2.45) is 0 Å². The molecule has 0 bridgehead atoms. The number of rotatable bonds is 4. The van der Waals surface area contributed by atoms with E-state index in [9.17, 15) is 9.59 Å². The molecule has 22 heavy (non-hydrogen) atoms. The van der Waals surface area contributed by atoms with Gasteiger partial charge in [-0.25, -0.2) is 0 Å². The van der Waals surface area contributed by atoms with Crippen molar-refractivity contribution in [1.29, 1.82) is 0 Å². The zero-order valence-corrected chi connectivity index (χ0v) is 13.5. The van der Waals surface area contributed by atoms with E-state index in [4.69, 9.17) is 4.42 Å². The summed E-state index contributed by atoms with van der Waals surface area (Å²) in [4.78, 5) is 25.0. The van der Waals surface area contributed by atoms with Gasteiger partial charge >= 0.3 is 0 Å². The van der Waals surface area contributed by atoms with Crippen molar-refractivity contribution in [1.82, 2.24) is 10.9 Å². The molecule has 1 atom stereocenters. The molecule has 116 valence electrons. The van der Waals surface area contributed by atoms with Gasteiger partial charge < -0.3 is 4.42 Å². The number of amides is 2. The van der Waals surface area contributed by atoms with E-state index in [0.717, 1.165) is 4.90 Å². The lowest BCUT2D eigenvalue weighted by Crippen LogP contribution is -2.45. The summed E-state index contributed by atoms with van der Waals surface area (Å²) in [6.07, 6.45) is 0. The number of carbonyl (C=O) groups excluding carboxylic acids is 2. The normalized spacial score (nSPS) is 11.8. The molecule has 0 fully saturated rings. The van der Waals surface area contributed by atoms with Gasteiger partial charge in [0.25, 0.3) is 11.8 Å². The zero-order valence-electron chi connectivity index (χ0n) is 12.7. The first-order chi connectivity index (χ1) is 10.5. The largest absolute Gasteiger partial charge is 0.466 e. The van der Waals surface area contributed by atoms with Crippen LogP contribution in [0.15, 0.2) is 45.7 Å². The summed E-state index contributed by atoms with van der Waals surface area (Å²) in [5.74, 6) is 0.526. The Bertz CT molecular complexity index is 667. The predicted molar refractivity (Wildman–Crippen MR) is 85.6 cm³/mol. The van der Waals surface area contributed by atoms with Gasteiger partial charge in [0.1, 0.15) is 11.5 Å². The molecule has 0 saturated carbocycles. The molecule has 0 saturated heterocycles. The van der Waals surface area contributed by atoms with Crippen LogP contribution in [0.3, 0.4) is 0 Å². The highest BCUT2D eigenvalue weighted by atomic mass is 32.2. The minimum absolute atomic E-state index is 0.264. The zero-order chi connectivity index (χ0) is 16.1. The summed E-state index contributed by atoms with van der Waals surface area (Å²) >= 11 is 1.42. The van der Waals surface area contributed by atoms with Gasteiger partial charge in [0.2, 0.25) is 0 Å². The van der Waals surface area contributed by atoms with Gasteiger partial charge in [-0.05, 0) is 39.0 Å². The minimum Gasteiger partial charge on any atom is -0.466 e. The van der Waals surface area contributed by atoms with Gasteiger partial charge in [0.15, 0.2) is 0 Å². The Balaban J connectivity index is 1.87. The fourth-order valence-electron chi connectivity index (χ4n) is 1.90. The Morgan fingerprint density at radius 3 is 2.41 bits per heavy atom. The average Bonchev–Trinajstić information content (AvgIpc) is 2.84. The lowest BCUT2D eigenvalue weighted by molar-refractivity contribution is -0.121. The van der Waals surface area contributed by atoms with E-state index in [2.05, 4.69) is 10.9 Å². The molecule has 6 heteroatoms. The van der Waals surface area contributed by atoms with E-state index in [1.165, 1.54) is 11.8 Å². The molecule has 1 aromatic heterocycles. The SMILES string of the molecule is Cc1cc(C(=O)NNC(=O)[C@@H](C)Sc2ccccc2)c(C)o1. The Morgan fingerprint density at radius 1 is 1.14 bits per heavy atom. The van der Waals surface area contributed by atoms with E-state index >= 15 is 0 Å². The van der Waals surface area contributed by atoms with Crippen LogP contribution in [0.2, 0.25) is 0 Å². The topological polar surface area (TPSA) is 71.3 Å². The maximum absolute atomic E-state index is 12.0. The van der Waals surface area contributed by atoms with Crippen molar-refractivity contribution < 1.29 is 14.0 Å². The maximum Gasteiger partial charge on any atom is 0.273 e. The van der Waals surface area contributed by atoms with Crippen LogP contribution in [-0.2, 0) is 4.79 Å². The number of nitrogens with one attached hydrogen (secondary N) is 2. The molecule has 5 nitrogen and oxygen atoms in total. The van der Waals surface area contributed by atoms with E-state index in [0.29, 0.717) is 17.1 Å². The summed E-state index contributed by atoms with van der Waals surface area (Å²) in [6, 6.07) is 11.3. The molecule has 1 heterocycles. The molecule has 0 aliphatic rings. The number of benzene rings is 1. The summed E-state index contributed by atoms with van der Waals surface area (Å²) in [7, 11) is 0. The predicted octanol–water partition coefficient (Wildman–Crippen LogP) is 2.84. The van der Waals surface area contributed by atoms with Crippen molar-refractivity contribution in [2.75, 3.05) is 0 Å². The van der Waals surface area contributed by atoms with Crippen LogP contribution in [-0.4, -0.2) is 17.1 Å². The standard InChI is InChI=1S/C16H18N2O3S/c1-10-9-14(11(2)21-10)16(20)18-17-15(19)12(3)22-13-7-5-4-6-8-13/h4-9,12H,1-3H3,(H,17,19)(H,18,20)/t12-/m1/s1. The molecule has 2 rings (SSSR count). The lowest BCUT2D eigenvalue weighted by atomic mass is 10.2. The van der Waals surface area contributed by atoms with Crippen molar-refractivity contribution >= 4 is 23.6 Å².